The maximum absolute atomic E-state index is 12.6. The number of rotatable bonds is 5. The van der Waals surface area contributed by atoms with E-state index in [0.717, 1.165) is 5.56 Å². The molecule has 0 aliphatic carbocycles. The molecule has 0 saturated heterocycles. The summed E-state index contributed by atoms with van der Waals surface area (Å²) >= 11 is 12.0. The van der Waals surface area contributed by atoms with Crippen molar-refractivity contribution >= 4 is 40.7 Å². The molecule has 0 atom stereocenters. The van der Waals surface area contributed by atoms with Crippen molar-refractivity contribution in [1.29, 1.82) is 0 Å². The molecule has 0 spiro atoms. The molecule has 2 amide bonds. The number of halogens is 2. The van der Waals surface area contributed by atoms with Gasteiger partial charge in [-0.1, -0.05) is 65.7 Å². The van der Waals surface area contributed by atoms with Gasteiger partial charge in [-0.2, -0.15) is 0 Å². The van der Waals surface area contributed by atoms with Crippen molar-refractivity contribution < 1.29 is 9.59 Å². The zero-order chi connectivity index (χ0) is 19.2. The van der Waals surface area contributed by atoms with E-state index in [1.165, 1.54) is 12.1 Å². The Morgan fingerprint density at radius 3 is 2.22 bits per heavy atom. The van der Waals surface area contributed by atoms with Crippen LogP contribution in [0.15, 0.2) is 72.8 Å². The summed E-state index contributed by atoms with van der Waals surface area (Å²) < 4.78 is 0. The summed E-state index contributed by atoms with van der Waals surface area (Å²) in [4.78, 5) is 25.1. The van der Waals surface area contributed by atoms with E-state index in [1.807, 2.05) is 30.3 Å². The Bertz CT molecular complexity index is 975. The van der Waals surface area contributed by atoms with Gasteiger partial charge in [0.1, 0.15) is 0 Å². The molecular formula is C21H16Cl2N2O2. The minimum Gasteiger partial charge on any atom is -0.348 e. The summed E-state index contributed by atoms with van der Waals surface area (Å²) in [5, 5.41) is 6.28. The number of hydrogen-bond acceptors (Lipinski definition) is 2. The van der Waals surface area contributed by atoms with Crippen molar-refractivity contribution in [2.45, 2.75) is 6.54 Å². The first kappa shape index (κ1) is 19.0. The highest BCUT2D eigenvalue weighted by Gasteiger charge is 2.16. The van der Waals surface area contributed by atoms with Gasteiger partial charge >= 0.3 is 0 Å². The molecule has 0 aliphatic heterocycles. The lowest BCUT2D eigenvalue weighted by atomic mass is 10.1. The van der Waals surface area contributed by atoms with Crippen LogP contribution in [0.3, 0.4) is 0 Å². The first-order valence-electron chi connectivity index (χ1n) is 8.22. The second-order valence-corrected chi connectivity index (χ2v) is 6.64. The van der Waals surface area contributed by atoms with Crippen molar-refractivity contribution in [3.8, 4) is 0 Å². The molecule has 2 N–H and O–H groups in total. The van der Waals surface area contributed by atoms with E-state index in [1.54, 1.807) is 30.3 Å². The number of hydrogen-bond donors (Lipinski definition) is 2. The zero-order valence-electron chi connectivity index (χ0n) is 14.2. The molecule has 0 aliphatic rings. The van der Waals surface area contributed by atoms with Crippen LogP contribution in [0.25, 0.3) is 0 Å². The lowest BCUT2D eigenvalue weighted by Gasteiger charge is -2.12. The van der Waals surface area contributed by atoms with Crippen LogP contribution in [0.4, 0.5) is 5.69 Å². The highest BCUT2D eigenvalue weighted by atomic mass is 35.5. The van der Waals surface area contributed by atoms with Gasteiger partial charge in [0.15, 0.2) is 0 Å². The average Bonchev–Trinajstić information content (AvgIpc) is 2.67. The summed E-state index contributed by atoms with van der Waals surface area (Å²) in [5.74, 6) is -0.697. The highest BCUT2D eigenvalue weighted by molar-refractivity contribution is 6.37. The third-order valence-electron chi connectivity index (χ3n) is 3.89. The fraction of sp³-hybridized carbons (Fsp3) is 0.0476. The number of amides is 2. The Kier molecular flexibility index (Phi) is 6.12. The van der Waals surface area contributed by atoms with Gasteiger partial charge in [0.2, 0.25) is 0 Å². The van der Waals surface area contributed by atoms with Crippen molar-refractivity contribution in [2.24, 2.45) is 0 Å². The van der Waals surface area contributed by atoms with Gasteiger partial charge in [-0.3, -0.25) is 9.59 Å². The van der Waals surface area contributed by atoms with E-state index >= 15 is 0 Å². The van der Waals surface area contributed by atoms with E-state index < -0.39 is 5.91 Å². The Labute approximate surface area is 167 Å². The molecule has 0 heterocycles. The molecule has 3 aromatic carbocycles. The van der Waals surface area contributed by atoms with E-state index in [2.05, 4.69) is 10.6 Å². The fourth-order valence-corrected chi connectivity index (χ4v) is 3.02. The lowest BCUT2D eigenvalue weighted by molar-refractivity contribution is 0.0952. The molecule has 0 radical (unpaired) electrons. The molecule has 0 unspecified atom stereocenters. The van der Waals surface area contributed by atoms with Crippen LogP contribution in [-0.2, 0) is 6.54 Å². The summed E-state index contributed by atoms with van der Waals surface area (Å²) in [5.41, 5.74) is 2.03. The summed E-state index contributed by atoms with van der Waals surface area (Å²) in [6.45, 7) is 0.394. The maximum atomic E-state index is 12.6. The van der Waals surface area contributed by atoms with Crippen LogP contribution in [0, 0.1) is 0 Å². The van der Waals surface area contributed by atoms with E-state index in [4.69, 9.17) is 23.2 Å². The molecule has 0 bridgehead atoms. The summed E-state index contributed by atoms with van der Waals surface area (Å²) in [7, 11) is 0. The Morgan fingerprint density at radius 2 is 1.48 bits per heavy atom. The van der Waals surface area contributed by atoms with Crippen LogP contribution in [0.5, 0.6) is 0 Å². The topological polar surface area (TPSA) is 58.2 Å². The van der Waals surface area contributed by atoms with E-state index in [-0.39, 0.29) is 16.5 Å². The Balaban J connectivity index is 1.75. The SMILES string of the molecule is O=C(Nc1ccccc1C(=O)NCc1ccccc1)c1ccc(Cl)cc1Cl. The molecule has 4 nitrogen and oxygen atoms in total. The fourth-order valence-electron chi connectivity index (χ4n) is 2.53. The van der Waals surface area contributed by atoms with Gasteiger partial charge in [-0.15, -0.1) is 0 Å². The molecular weight excluding hydrogens is 383 g/mol. The Morgan fingerprint density at radius 1 is 0.778 bits per heavy atom. The van der Waals surface area contributed by atoms with Gasteiger partial charge in [0, 0.05) is 11.6 Å². The molecule has 27 heavy (non-hydrogen) atoms. The largest absolute Gasteiger partial charge is 0.348 e. The molecule has 6 heteroatoms. The predicted octanol–water partition coefficient (Wildman–Crippen LogP) is 5.18. The van der Waals surface area contributed by atoms with Crippen molar-refractivity contribution in [3.05, 3.63) is 99.5 Å². The van der Waals surface area contributed by atoms with Gasteiger partial charge in [0.25, 0.3) is 11.8 Å². The van der Waals surface area contributed by atoms with Gasteiger partial charge in [-0.05, 0) is 35.9 Å². The number of benzene rings is 3. The van der Waals surface area contributed by atoms with Crippen LogP contribution < -0.4 is 10.6 Å². The minimum absolute atomic E-state index is 0.242. The lowest BCUT2D eigenvalue weighted by Crippen LogP contribution is -2.25. The third kappa shape index (κ3) is 4.88. The standard InChI is InChI=1S/C21H16Cl2N2O2/c22-15-10-11-16(18(23)12-15)21(27)25-19-9-5-4-8-17(19)20(26)24-13-14-6-2-1-3-7-14/h1-12H,13H2,(H,24,26)(H,25,27). The maximum Gasteiger partial charge on any atom is 0.257 e. The van der Waals surface area contributed by atoms with Crippen LogP contribution in [0.2, 0.25) is 10.0 Å². The normalized spacial score (nSPS) is 10.3. The van der Waals surface area contributed by atoms with Crippen molar-refractivity contribution in [1.82, 2.24) is 5.32 Å². The number of para-hydroxylation sites is 1. The molecule has 3 rings (SSSR count). The van der Waals surface area contributed by atoms with Gasteiger partial charge in [0.05, 0.1) is 21.8 Å². The van der Waals surface area contributed by atoms with Crippen molar-refractivity contribution in [3.63, 3.8) is 0 Å². The molecule has 0 aromatic heterocycles. The van der Waals surface area contributed by atoms with E-state index in [0.29, 0.717) is 22.8 Å². The third-order valence-corrected chi connectivity index (χ3v) is 4.44. The van der Waals surface area contributed by atoms with Gasteiger partial charge < -0.3 is 10.6 Å². The highest BCUT2D eigenvalue weighted by Crippen LogP contribution is 2.23. The summed E-state index contributed by atoms with van der Waals surface area (Å²) in [6, 6.07) is 21.0. The molecule has 136 valence electrons. The minimum atomic E-state index is -0.417. The predicted molar refractivity (Wildman–Crippen MR) is 108 cm³/mol. The number of carbonyl (C=O) groups excluding carboxylic acids is 2. The van der Waals surface area contributed by atoms with Crippen LogP contribution in [0.1, 0.15) is 26.3 Å². The van der Waals surface area contributed by atoms with Crippen molar-refractivity contribution in [2.75, 3.05) is 5.32 Å². The second-order valence-electron chi connectivity index (χ2n) is 5.79. The second kappa shape index (κ2) is 8.71. The van der Waals surface area contributed by atoms with E-state index in [9.17, 15) is 9.59 Å². The smallest absolute Gasteiger partial charge is 0.257 e. The monoisotopic (exact) mass is 398 g/mol. The molecule has 3 aromatic rings. The van der Waals surface area contributed by atoms with Gasteiger partial charge in [-0.25, -0.2) is 0 Å². The number of anilines is 1. The molecule has 0 fully saturated rings. The first-order chi connectivity index (χ1) is 13.0. The first-order valence-corrected chi connectivity index (χ1v) is 8.98. The number of carbonyl (C=O) groups is 2. The number of nitrogens with one attached hydrogen (secondary N) is 2. The average molecular weight is 399 g/mol. The zero-order valence-corrected chi connectivity index (χ0v) is 15.7. The quantitative estimate of drug-likeness (QED) is 0.622. The Hall–Kier alpha value is -2.82. The van der Waals surface area contributed by atoms with Crippen LogP contribution in [-0.4, -0.2) is 11.8 Å². The summed E-state index contributed by atoms with van der Waals surface area (Å²) in [6.07, 6.45) is 0. The van der Waals surface area contributed by atoms with Crippen LogP contribution >= 0.6 is 23.2 Å². The molecule has 0 saturated carbocycles.